The minimum absolute atomic E-state index is 0.160. The van der Waals surface area contributed by atoms with Gasteiger partial charge in [0.05, 0.1) is 12.8 Å². The predicted octanol–water partition coefficient (Wildman–Crippen LogP) is 2.51. The summed E-state index contributed by atoms with van der Waals surface area (Å²) >= 11 is 11.9. The lowest BCUT2D eigenvalue weighted by atomic mass is 9.79. The molecule has 1 fully saturated rings. The molecular formula is C19H13Cl2N3O4. The van der Waals surface area contributed by atoms with Gasteiger partial charge in [-0.3, -0.25) is 15.0 Å². The number of halogens is 2. The van der Waals surface area contributed by atoms with E-state index in [0.717, 1.165) is 4.90 Å². The number of hydrazone groups is 1. The highest BCUT2D eigenvalue weighted by atomic mass is 35.5. The summed E-state index contributed by atoms with van der Waals surface area (Å²) in [6.45, 7) is 0. The van der Waals surface area contributed by atoms with Crippen LogP contribution in [0.25, 0.3) is 0 Å². The first-order valence-corrected chi connectivity index (χ1v) is 8.99. The summed E-state index contributed by atoms with van der Waals surface area (Å²) in [4.78, 5) is 40.0. The summed E-state index contributed by atoms with van der Waals surface area (Å²) in [5, 5.41) is 4.91. The van der Waals surface area contributed by atoms with Crippen LogP contribution in [0, 0.1) is 5.92 Å². The molecule has 2 aromatic carbocycles. The van der Waals surface area contributed by atoms with Gasteiger partial charge in [-0.05, 0) is 42.0 Å². The molecular weight excluding hydrogens is 405 g/mol. The van der Waals surface area contributed by atoms with Gasteiger partial charge in [-0.1, -0.05) is 35.3 Å². The summed E-state index contributed by atoms with van der Waals surface area (Å²) < 4.78 is 4.75. The topological polar surface area (TPSA) is 88.1 Å². The number of ether oxygens (including phenoxy) is 1. The van der Waals surface area contributed by atoms with Crippen LogP contribution in [-0.4, -0.2) is 30.6 Å². The van der Waals surface area contributed by atoms with Gasteiger partial charge in [0.25, 0.3) is 5.91 Å². The van der Waals surface area contributed by atoms with Crippen LogP contribution in [0.1, 0.15) is 5.56 Å². The zero-order valence-corrected chi connectivity index (χ0v) is 16.0. The lowest BCUT2D eigenvalue weighted by molar-refractivity contribution is -0.133. The zero-order valence-electron chi connectivity index (χ0n) is 14.5. The molecule has 0 radical (unpaired) electrons. The highest BCUT2D eigenvalue weighted by Crippen LogP contribution is 2.45. The molecule has 2 atom stereocenters. The van der Waals surface area contributed by atoms with Gasteiger partial charge in [-0.2, -0.15) is 5.10 Å². The summed E-state index contributed by atoms with van der Waals surface area (Å²) in [5.41, 5.74) is 1.80. The van der Waals surface area contributed by atoms with Gasteiger partial charge in [-0.15, -0.1) is 0 Å². The fraction of sp³-hybridized carbons (Fsp3) is 0.158. The van der Waals surface area contributed by atoms with Crippen molar-refractivity contribution >= 4 is 52.4 Å². The molecule has 1 saturated heterocycles. The molecule has 2 aromatic rings. The number of esters is 1. The van der Waals surface area contributed by atoms with Crippen molar-refractivity contribution in [3.63, 3.8) is 0 Å². The number of carbonyl (C=O) groups is 3. The molecule has 2 aliphatic heterocycles. The van der Waals surface area contributed by atoms with Crippen molar-refractivity contribution in [3.05, 3.63) is 64.1 Å². The van der Waals surface area contributed by atoms with E-state index in [1.54, 1.807) is 48.5 Å². The highest BCUT2D eigenvalue weighted by Gasteiger charge is 2.67. The molecule has 1 N–H and O–H groups in total. The maximum Gasteiger partial charge on any atom is 0.355 e. The lowest BCUT2D eigenvalue weighted by Crippen LogP contribution is -2.48. The van der Waals surface area contributed by atoms with Crippen molar-refractivity contribution < 1.29 is 19.1 Å². The predicted molar refractivity (Wildman–Crippen MR) is 103 cm³/mol. The Morgan fingerprint density at radius 2 is 1.64 bits per heavy atom. The van der Waals surface area contributed by atoms with Crippen molar-refractivity contribution in [2.45, 2.75) is 5.54 Å². The SMILES string of the molecule is COC(=O)C1=NN[C@]2(c3ccc(Cl)cc3)C(=O)N(c3ccc(Cl)cc3)C(=O)[C@@H]12. The zero-order chi connectivity index (χ0) is 20.1. The molecule has 0 aliphatic carbocycles. The molecule has 9 heteroatoms. The van der Waals surface area contributed by atoms with Crippen LogP contribution in [0.15, 0.2) is 53.6 Å². The number of nitrogens with one attached hydrogen (secondary N) is 1. The average Bonchev–Trinajstić information content (AvgIpc) is 3.19. The van der Waals surface area contributed by atoms with E-state index in [1.165, 1.54) is 7.11 Å². The van der Waals surface area contributed by atoms with E-state index in [0.29, 0.717) is 21.3 Å². The minimum atomic E-state index is -1.56. The summed E-state index contributed by atoms with van der Waals surface area (Å²) in [7, 11) is 1.19. The van der Waals surface area contributed by atoms with Crippen LogP contribution < -0.4 is 10.3 Å². The van der Waals surface area contributed by atoms with Crippen LogP contribution in [0.4, 0.5) is 5.69 Å². The highest BCUT2D eigenvalue weighted by molar-refractivity contribution is 6.47. The second-order valence-corrected chi connectivity index (χ2v) is 7.18. The number of carbonyl (C=O) groups excluding carboxylic acids is 3. The van der Waals surface area contributed by atoms with Gasteiger partial charge in [0.2, 0.25) is 5.91 Å². The molecule has 0 saturated carbocycles. The number of anilines is 1. The number of imide groups is 1. The van der Waals surface area contributed by atoms with E-state index < -0.39 is 29.2 Å². The van der Waals surface area contributed by atoms with Crippen molar-refractivity contribution in [2.24, 2.45) is 11.0 Å². The Hall–Kier alpha value is -2.90. The number of hydrogen-bond donors (Lipinski definition) is 1. The molecule has 142 valence electrons. The first-order valence-electron chi connectivity index (χ1n) is 8.23. The Bertz CT molecular complexity index is 1020. The largest absolute Gasteiger partial charge is 0.464 e. The summed E-state index contributed by atoms with van der Waals surface area (Å²) in [5.74, 6) is -3.11. The third-order valence-electron chi connectivity index (χ3n) is 4.85. The Morgan fingerprint density at radius 1 is 1.07 bits per heavy atom. The molecule has 4 rings (SSSR count). The average molecular weight is 418 g/mol. The van der Waals surface area contributed by atoms with Crippen LogP contribution in [0.2, 0.25) is 10.0 Å². The van der Waals surface area contributed by atoms with E-state index in [2.05, 4.69) is 10.5 Å². The van der Waals surface area contributed by atoms with Crippen molar-refractivity contribution in [3.8, 4) is 0 Å². The van der Waals surface area contributed by atoms with Crippen LogP contribution in [0.3, 0.4) is 0 Å². The number of fused-ring (bicyclic) bond motifs is 1. The number of amides is 2. The number of benzene rings is 2. The molecule has 7 nitrogen and oxygen atoms in total. The number of nitrogens with zero attached hydrogens (tertiary/aromatic N) is 2. The quantitative estimate of drug-likeness (QED) is 0.612. The molecule has 2 amide bonds. The second-order valence-electron chi connectivity index (χ2n) is 6.30. The summed E-state index contributed by atoms with van der Waals surface area (Å²) in [6.07, 6.45) is 0. The number of hydrogen-bond acceptors (Lipinski definition) is 6. The minimum Gasteiger partial charge on any atom is -0.464 e. The maximum absolute atomic E-state index is 13.5. The maximum atomic E-state index is 13.5. The van der Waals surface area contributed by atoms with E-state index >= 15 is 0 Å². The Balaban J connectivity index is 1.88. The van der Waals surface area contributed by atoms with Crippen molar-refractivity contribution in [1.29, 1.82) is 0 Å². The smallest absolute Gasteiger partial charge is 0.355 e. The fourth-order valence-electron chi connectivity index (χ4n) is 3.53. The van der Waals surface area contributed by atoms with Crippen molar-refractivity contribution in [2.75, 3.05) is 12.0 Å². The van der Waals surface area contributed by atoms with Gasteiger partial charge in [0.15, 0.2) is 11.3 Å². The standard InChI is InChI=1S/C19H13Cl2N3O4/c1-28-17(26)15-14-16(25)24(13-8-6-12(21)7-9-13)18(27)19(14,23-22-15)10-2-4-11(20)5-3-10/h2-9,14,23H,1H3/t14-,19+/m1/s1. The van der Waals surface area contributed by atoms with E-state index in [1.807, 2.05) is 0 Å². The molecule has 28 heavy (non-hydrogen) atoms. The first kappa shape index (κ1) is 18.5. The molecule has 0 spiro atoms. The lowest BCUT2D eigenvalue weighted by Gasteiger charge is -2.26. The van der Waals surface area contributed by atoms with Gasteiger partial charge < -0.3 is 4.74 Å². The third-order valence-corrected chi connectivity index (χ3v) is 5.35. The van der Waals surface area contributed by atoms with Gasteiger partial charge >= 0.3 is 5.97 Å². The molecule has 0 bridgehead atoms. The van der Waals surface area contributed by atoms with Crippen LogP contribution in [-0.2, 0) is 24.7 Å². The number of rotatable bonds is 3. The van der Waals surface area contributed by atoms with Gasteiger partial charge in [0.1, 0.15) is 5.92 Å². The monoisotopic (exact) mass is 417 g/mol. The van der Waals surface area contributed by atoms with Crippen LogP contribution >= 0.6 is 23.2 Å². The number of methoxy groups -OCH3 is 1. The molecule has 0 aromatic heterocycles. The Kier molecular flexibility index (Phi) is 4.36. The molecule has 0 unspecified atom stereocenters. The summed E-state index contributed by atoms with van der Waals surface area (Å²) in [6, 6.07) is 12.7. The Labute approximate surface area is 169 Å². The van der Waals surface area contributed by atoms with Crippen LogP contribution in [0.5, 0.6) is 0 Å². The molecule has 2 heterocycles. The first-order chi connectivity index (χ1) is 13.4. The van der Waals surface area contributed by atoms with Gasteiger partial charge in [-0.25, -0.2) is 9.69 Å². The van der Waals surface area contributed by atoms with E-state index in [9.17, 15) is 14.4 Å². The third kappa shape index (κ3) is 2.51. The second kappa shape index (κ2) is 6.61. The fourth-order valence-corrected chi connectivity index (χ4v) is 3.78. The molecule has 2 aliphatic rings. The van der Waals surface area contributed by atoms with Crippen molar-refractivity contribution in [1.82, 2.24) is 5.43 Å². The van der Waals surface area contributed by atoms with Gasteiger partial charge in [0, 0.05) is 10.0 Å². The normalized spacial score (nSPS) is 23.3. The Morgan fingerprint density at radius 3 is 2.21 bits per heavy atom. The van der Waals surface area contributed by atoms with E-state index in [-0.39, 0.29) is 5.71 Å². The van der Waals surface area contributed by atoms with E-state index in [4.69, 9.17) is 27.9 Å².